The molecule has 9 heavy (non-hydrogen) atoms. The lowest BCUT2D eigenvalue weighted by molar-refractivity contribution is 0.196. The minimum Gasteiger partial charge on any atom is -0.465 e. The molecule has 0 saturated heterocycles. The van der Waals surface area contributed by atoms with Crippen LogP contribution in [0.2, 0.25) is 0 Å². The molecule has 0 aliphatic rings. The summed E-state index contributed by atoms with van der Waals surface area (Å²) in [6, 6.07) is 0. The van der Waals surface area contributed by atoms with E-state index < -0.39 is 6.09 Å². The van der Waals surface area contributed by atoms with Crippen LogP contribution in [0.4, 0.5) is 4.79 Å². The maximum atomic E-state index is 9.81. The number of hydrogen-bond acceptors (Lipinski definition) is 3. The van der Waals surface area contributed by atoms with E-state index in [-0.39, 0.29) is 0 Å². The first kappa shape index (κ1) is 8.58. The lowest BCUT2D eigenvalue weighted by Crippen LogP contribution is -2.20. The van der Waals surface area contributed by atoms with Crippen molar-refractivity contribution in [3.8, 4) is 0 Å². The van der Waals surface area contributed by atoms with Crippen LogP contribution in [0.15, 0.2) is 0 Å². The molecule has 0 heterocycles. The van der Waals surface area contributed by atoms with Crippen molar-refractivity contribution in [1.29, 1.82) is 0 Å². The molecule has 4 nitrogen and oxygen atoms in total. The summed E-state index contributed by atoms with van der Waals surface area (Å²) in [5, 5.41) is 10.3. The summed E-state index contributed by atoms with van der Waals surface area (Å²) in [6.07, 6.45) is -0.987. The summed E-state index contributed by atoms with van der Waals surface area (Å²) in [7, 11) is 0. The van der Waals surface area contributed by atoms with Gasteiger partial charge in [-0.15, -0.1) is 11.8 Å². The van der Waals surface area contributed by atoms with Crippen molar-refractivity contribution in [3.63, 3.8) is 0 Å². The molecule has 0 aliphatic heterocycles. The van der Waals surface area contributed by atoms with Crippen LogP contribution in [0, 0.1) is 0 Å². The zero-order valence-corrected chi connectivity index (χ0v) is 5.78. The third kappa shape index (κ3) is 7.58. The van der Waals surface area contributed by atoms with Gasteiger partial charge in [0.15, 0.2) is 0 Å². The van der Waals surface area contributed by atoms with Gasteiger partial charge in [-0.2, -0.15) is 0 Å². The summed E-state index contributed by atoms with van der Waals surface area (Å²) < 4.78 is 0. The molecule has 0 saturated carbocycles. The van der Waals surface area contributed by atoms with Crippen molar-refractivity contribution >= 4 is 17.9 Å². The van der Waals surface area contributed by atoms with Crippen molar-refractivity contribution in [2.75, 3.05) is 18.2 Å². The fraction of sp³-hybridized carbons (Fsp3) is 0.750. The molecule has 0 aromatic rings. The highest BCUT2D eigenvalue weighted by Crippen LogP contribution is 1.92. The van der Waals surface area contributed by atoms with Crippen LogP contribution < -0.4 is 11.1 Å². The molecule has 0 atom stereocenters. The number of thioether (sulfide) groups is 1. The van der Waals surface area contributed by atoms with Gasteiger partial charge in [0.05, 0.1) is 5.88 Å². The Labute approximate surface area is 57.8 Å². The number of carboxylic acid groups (broad SMARTS) is 1. The molecular weight excluding hydrogens is 140 g/mol. The Balaban J connectivity index is 2.83. The lowest BCUT2D eigenvalue weighted by atomic mass is 10.8. The van der Waals surface area contributed by atoms with E-state index in [4.69, 9.17) is 10.8 Å². The van der Waals surface area contributed by atoms with Crippen LogP contribution in [0.25, 0.3) is 0 Å². The minimum absolute atomic E-state index is 0.423. The second-order valence-electron chi connectivity index (χ2n) is 1.32. The van der Waals surface area contributed by atoms with Gasteiger partial charge >= 0.3 is 6.09 Å². The highest BCUT2D eigenvalue weighted by Gasteiger charge is 1.90. The summed E-state index contributed by atoms with van der Waals surface area (Å²) in [4.78, 5) is 9.81. The average molecular weight is 150 g/mol. The van der Waals surface area contributed by atoms with E-state index in [0.29, 0.717) is 12.4 Å². The van der Waals surface area contributed by atoms with E-state index in [0.717, 1.165) is 5.75 Å². The van der Waals surface area contributed by atoms with Gasteiger partial charge < -0.3 is 16.2 Å². The second-order valence-corrected chi connectivity index (χ2v) is 2.43. The van der Waals surface area contributed by atoms with E-state index in [9.17, 15) is 4.79 Å². The molecule has 5 heteroatoms. The molecule has 54 valence electrons. The van der Waals surface area contributed by atoms with Crippen LogP contribution in [0.5, 0.6) is 0 Å². The van der Waals surface area contributed by atoms with Crippen LogP contribution in [0.1, 0.15) is 0 Å². The Hall–Kier alpha value is -0.420. The maximum Gasteiger partial charge on any atom is 0.405 e. The molecule has 0 fully saturated rings. The number of carbonyl (C=O) groups is 1. The van der Waals surface area contributed by atoms with Crippen LogP contribution in [-0.4, -0.2) is 29.4 Å². The van der Waals surface area contributed by atoms with E-state index in [1.165, 1.54) is 11.8 Å². The Morgan fingerprint density at radius 2 is 2.44 bits per heavy atom. The predicted molar refractivity (Wildman–Crippen MR) is 37.5 cm³/mol. The number of hydrogen-bond donors (Lipinski definition) is 3. The van der Waals surface area contributed by atoms with E-state index in [1.54, 1.807) is 0 Å². The number of nitrogens with two attached hydrogens (primary N) is 1. The van der Waals surface area contributed by atoms with Crippen molar-refractivity contribution in [1.82, 2.24) is 5.32 Å². The molecule has 1 amide bonds. The van der Waals surface area contributed by atoms with E-state index in [1.807, 2.05) is 0 Å². The van der Waals surface area contributed by atoms with E-state index >= 15 is 0 Å². The fourth-order valence-corrected chi connectivity index (χ4v) is 0.805. The standard InChI is InChI=1S/C4H10N2O2S/c5-1-2-9-3-6-4(7)8/h6H,1-3,5H2,(H,7,8). The normalized spacial score (nSPS) is 9.00. The molecule has 0 bridgehead atoms. The zero-order valence-electron chi connectivity index (χ0n) is 4.96. The van der Waals surface area contributed by atoms with Gasteiger partial charge in [-0.25, -0.2) is 4.79 Å². The number of rotatable bonds is 4. The van der Waals surface area contributed by atoms with Gasteiger partial charge in [-0.3, -0.25) is 0 Å². The highest BCUT2D eigenvalue weighted by molar-refractivity contribution is 7.99. The van der Waals surface area contributed by atoms with E-state index in [2.05, 4.69) is 5.32 Å². The van der Waals surface area contributed by atoms with Crippen molar-refractivity contribution in [3.05, 3.63) is 0 Å². The highest BCUT2D eigenvalue weighted by atomic mass is 32.2. The quantitative estimate of drug-likeness (QED) is 0.386. The lowest BCUT2D eigenvalue weighted by Gasteiger charge is -1.97. The van der Waals surface area contributed by atoms with Crippen molar-refractivity contribution in [2.45, 2.75) is 0 Å². The number of amides is 1. The molecule has 0 aromatic carbocycles. The molecule has 0 aliphatic carbocycles. The summed E-state index contributed by atoms with van der Waals surface area (Å²) in [5.41, 5.74) is 5.15. The summed E-state index contributed by atoms with van der Waals surface area (Å²) in [6.45, 7) is 0.589. The Morgan fingerprint density at radius 3 is 2.89 bits per heavy atom. The Bertz CT molecular complexity index is 88.6. The third-order valence-electron chi connectivity index (χ3n) is 0.588. The summed E-state index contributed by atoms with van der Waals surface area (Å²) >= 11 is 1.46. The molecule has 0 spiro atoms. The largest absolute Gasteiger partial charge is 0.465 e. The van der Waals surface area contributed by atoms with Crippen LogP contribution in [-0.2, 0) is 0 Å². The topological polar surface area (TPSA) is 75.3 Å². The second kappa shape index (κ2) is 5.71. The van der Waals surface area contributed by atoms with Gasteiger partial charge in [-0.05, 0) is 0 Å². The van der Waals surface area contributed by atoms with Crippen molar-refractivity contribution in [2.24, 2.45) is 5.73 Å². The molecule has 0 unspecified atom stereocenters. The first-order valence-electron chi connectivity index (χ1n) is 2.52. The predicted octanol–water partition coefficient (Wildman–Crippen LogP) is -0.0966. The molecule has 0 aromatic heterocycles. The van der Waals surface area contributed by atoms with Crippen LogP contribution in [0.3, 0.4) is 0 Å². The Kier molecular flexibility index (Phi) is 5.45. The maximum absolute atomic E-state index is 9.81. The zero-order chi connectivity index (χ0) is 7.11. The van der Waals surface area contributed by atoms with Crippen molar-refractivity contribution < 1.29 is 9.90 Å². The molecule has 0 radical (unpaired) electrons. The van der Waals surface area contributed by atoms with Gasteiger partial charge in [0, 0.05) is 12.3 Å². The minimum atomic E-state index is -0.987. The van der Waals surface area contributed by atoms with Crippen LogP contribution >= 0.6 is 11.8 Å². The Morgan fingerprint density at radius 1 is 1.78 bits per heavy atom. The first-order chi connectivity index (χ1) is 4.27. The summed E-state index contributed by atoms with van der Waals surface area (Å²) in [5.74, 6) is 1.22. The molecular formula is C4H10N2O2S. The number of nitrogens with one attached hydrogen (secondary N) is 1. The monoisotopic (exact) mass is 150 g/mol. The molecule has 4 N–H and O–H groups in total. The first-order valence-corrected chi connectivity index (χ1v) is 3.67. The third-order valence-corrected chi connectivity index (χ3v) is 1.46. The van der Waals surface area contributed by atoms with Gasteiger partial charge in [0.25, 0.3) is 0 Å². The molecule has 0 rings (SSSR count). The van der Waals surface area contributed by atoms with Gasteiger partial charge in [0.1, 0.15) is 0 Å². The van der Waals surface area contributed by atoms with Gasteiger partial charge in [0.2, 0.25) is 0 Å². The SMILES string of the molecule is NCCSCNC(=O)O. The average Bonchev–Trinajstić information content (AvgIpc) is 1.80. The van der Waals surface area contributed by atoms with Gasteiger partial charge in [-0.1, -0.05) is 0 Å². The fourth-order valence-electron chi connectivity index (χ4n) is 0.268. The smallest absolute Gasteiger partial charge is 0.405 e.